The van der Waals surface area contributed by atoms with Gasteiger partial charge < -0.3 is 9.47 Å². The lowest BCUT2D eigenvalue weighted by molar-refractivity contribution is -0.0411. The molecule has 4 rings (SSSR count). The Kier molecular flexibility index (Phi) is 8.10. The number of fused-ring (bicyclic) bond motifs is 1. The molecule has 0 bridgehead atoms. The number of hydrogen-bond donors (Lipinski definition) is 1. The van der Waals surface area contributed by atoms with Crippen LogP contribution in [0.5, 0.6) is 5.75 Å². The molecular weight excluding hydrogens is 443 g/mol. The van der Waals surface area contributed by atoms with Crippen molar-refractivity contribution in [2.45, 2.75) is 57.6 Å². The van der Waals surface area contributed by atoms with E-state index >= 15 is 0 Å². The summed E-state index contributed by atoms with van der Waals surface area (Å²) in [6, 6.07) is 12.0. The highest BCUT2D eigenvalue weighted by Gasteiger charge is 2.41. The fourth-order valence-corrected chi connectivity index (χ4v) is 5.25. The van der Waals surface area contributed by atoms with Crippen molar-refractivity contribution in [1.82, 2.24) is 4.90 Å². The first-order chi connectivity index (χ1) is 16.0. The Morgan fingerprint density at radius 2 is 1.94 bits per heavy atom. The van der Waals surface area contributed by atoms with Gasteiger partial charge in [-0.2, -0.15) is 0 Å². The van der Waals surface area contributed by atoms with Crippen LogP contribution >= 0.6 is 11.6 Å². The third kappa shape index (κ3) is 6.39. The predicted octanol–water partition coefficient (Wildman–Crippen LogP) is 6.44. The van der Waals surface area contributed by atoms with Crippen LogP contribution in [0.25, 0.3) is 0 Å². The number of ether oxygens (including phenoxy) is 2. The molecule has 33 heavy (non-hydrogen) atoms. The van der Waals surface area contributed by atoms with Gasteiger partial charge in [0.2, 0.25) is 0 Å². The Labute approximate surface area is 200 Å². The van der Waals surface area contributed by atoms with Crippen LogP contribution in [0.1, 0.15) is 44.1 Å². The Hall–Kier alpha value is -2.31. The van der Waals surface area contributed by atoms with E-state index in [-0.39, 0.29) is 11.9 Å². The van der Waals surface area contributed by atoms with Gasteiger partial charge in [-0.15, -0.1) is 0 Å². The van der Waals surface area contributed by atoms with Gasteiger partial charge in [-0.05, 0) is 74.6 Å². The van der Waals surface area contributed by atoms with E-state index in [2.05, 4.69) is 10.2 Å². The number of carbonyl (C=O) groups is 1. The molecule has 178 valence electrons. The molecule has 1 heterocycles. The van der Waals surface area contributed by atoms with Crippen LogP contribution in [0.3, 0.4) is 0 Å². The number of anilines is 1. The first-order valence-corrected chi connectivity index (χ1v) is 12.2. The average Bonchev–Trinajstić information content (AvgIpc) is 2.81. The zero-order valence-electron chi connectivity index (χ0n) is 19.1. The molecule has 2 fully saturated rings. The molecule has 2 aromatic rings. The first-order valence-electron chi connectivity index (χ1n) is 11.9. The highest BCUT2D eigenvalue weighted by molar-refractivity contribution is 6.31. The third-order valence-corrected chi connectivity index (χ3v) is 7.18. The minimum absolute atomic E-state index is 0.0667. The number of piperidine rings is 1. The molecule has 0 aromatic heterocycles. The van der Waals surface area contributed by atoms with Crippen molar-refractivity contribution < 1.29 is 18.7 Å². The van der Waals surface area contributed by atoms with Gasteiger partial charge in [0, 0.05) is 35.8 Å². The molecular formula is C26H32ClFN2O3. The molecule has 1 amide bonds. The maximum Gasteiger partial charge on any atom is 0.411 e. The Morgan fingerprint density at radius 3 is 2.73 bits per heavy atom. The quantitative estimate of drug-likeness (QED) is 0.469. The standard InChI is InChI=1S/C26H32ClFN2O3/c1-18-7-10-20(17-23(18)27)29-26(31)33-25-13-15-30(24-6-3-2-5-22(24)25)14-4-16-32-21-11-8-19(28)9-12-21/h7-12,17,22,24-25H,2-6,13-16H2,1H3,(H,29,31). The van der Waals surface area contributed by atoms with Gasteiger partial charge in [0.25, 0.3) is 0 Å². The molecule has 1 aliphatic carbocycles. The molecule has 2 aliphatic rings. The van der Waals surface area contributed by atoms with Gasteiger partial charge in [0.15, 0.2) is 0 Å². The van der Waals surface area contributed by atoms with E-state index < -0.39 is 6.09 Å². The minimum Gasteiger partial charge on any atom is -0.494 e. The van der Waals surface area contributed by atoms with Crippen molar-refractivity contribution in [1.29, 1.82) is 0 Å². The number of halogens is 2. The highest BCUT2D eigenvalue weighted by Crippen LogP contribution is 2.37. The van der Waals surface area contributed by atoms with Crippen LogP contribution in [0, 0.1) is 18.7 Å². The van der Waals surface area contributed by atoms with E-state index in [1.807, 2.05) is 19.1 Å². The SMILES string of the molecule is Cc1ccc(NC(=O)OC2CCN(CCCOc3ccc(F)cc3)C3CCCCC23)cc1Cl. The summed E-state index contributed by atoms with van der Waals surface area (Å²) in [6.45, 7) is 4.38. The maximum atomic E-state index is 13.0. The highest BCUT2D eigenvalue weighted by atomic mass is 35.5. The second kappa shape index (κ2) is 11.2. The summed E-state index contributed by atoms with van der Waals surface area (Å²) < 4.78 is 24.7. The number of rotatable bonds is 7. The van der Waals surface area contributed by atoms with Gasteiger partial charge in [-0.1, -0.05) is 30.5 Å². The molecule has 5 nitrogen and oxygen atoms in total. The number of aryl methyl sites for hydroxylation is 1. The van der Waals surface area contributed by atoms with Gasteiger partial charge in [-0.25, -0.2) is 9.18 Å². The van der Waals surface area contributed by atoms with E-state index in [1.54, 1.807) is 18.2 Å². The van der Waals surface area contributed by atoms with Crippen molar-refractivity contribution in [3.63, 3.8) is 0 Å². The van der Waals surface area contributed by atoms with Gasteiger partial charge in [-0.3, -0.25) is 10.2 Å². The molecule has 1 aliphatic heterocycles. The van der Waals surface area contributed by atoms with Crippen LogP contribution in [0.4, 0.5) is 14.9 Å². The van der Waals surface area contributed by atoms with Crippen molar-refractivity contribution in [3.05, 3.63) is 58.9 Å². The fraction of sp³-hybridized carbons (Fsp3) is 0.500. The summed E-state index contributed by atoms with van der Waals surface area (Å²) >= 11 is 6.17. The molecule has 1 saturated heterocycles. The molecule has 1 saturated carbocycles. The summed E-state index contributed by atoms with van der Waals surface area (Å²) in [5.74, 6) is 0.796. The predicted molar refractivity (Wildman–Crippen MR) is 129 cm³/mol. The Morgan fingerprint density at radius 1 is 1.15 bits per heavy atom. The van der Waals surface area contributed by atoms with Crippen molar-refractivity contribution in [3.8, 4) is 5.75 Å². The molecule has 0 radical (unpaired) electrons. The minimum atomic E-state index is -0.412. The van der Waals surface area contributed by atoms with Crippen LogP contribution < -0.4 is 10.1 Å². The smallest absolute Gasteiger partial charge is 0.411 e. The summed E-state index contributed by atoms with van der Waals surface area (Å²) in [6.07, 6.45) is 5.87. The Bertz CT molecular complexity index is 940. The zero-order valence-corrected chi connectivity index (χ0v) is 19.8. The fourth-order valence-electron chi connectivity index (χ4n) is 5.07. The van der Waals surface area contributed by atoms with E-state index in [9.17, 15) is 9.18 Å². The van der Waals surface area contributed by atoms with E-state index in [0.29, 0.717) is 35.0 Å². The van der Waals surface area contributed by atoms with Crippen LogP contribution in [0.15, 0.2) is 42.5 Å². The number of nitrogens with one attached hydrogen (secondary N) is 1. The van der Waals surface area contributed by atoms with Gasteiger partial charge in [0.05, 0.1) is 6.61 Å². The van der Waals surface area contributed by atoms with Crippen LogP contribution in [0.2, 0.25) is 5.02 Å². The summed E-state index contributed by atoms with van der Waals surface area (Å²) in [7, 11) is 0. The van der Waals surface area contributed by atoms with Crippen LogP contribution in [-0.2, 0) is 4.74 Å². The monoisotopic (exact) mass is 474 g/mol. The lowest BCUT2D eigenvalue weighted by Crippen LogP contribution is -2.54. The average molecular weight is 475 g/mol. The summed E-state index contributed by atoms with van der Waals surface area (Å²) in [4.78, 5) is 15.1. The molecule has 0 spiro atoms. The molecule has 2 aromatic carbocycles. The normalized spacial score (nSPS) is 22.9. The largest absolute Gasteiger partial charge is 0.494 e. The van der Waals surface area contributed by atoms with Gasteiger partial charge in [0.1, 0.15) is 17.7 Å². The molecule has 3 atom stereocenters. The second-order valence-electron chi connectivity index (χ2n) is 9.03. The number of amides is 1. The first kappa shape index (κ1) is 23.8. The van der Waals surface area contributed by atoms with Crippen LogP contribution in [-0.4, -0.2) is 42.8 Å². The maximum absolute atomic E-state index is 13.0. The van der Waals surface area contributed by atoms with Crippen molar-refractivity contribution >= 4 is 23.4 Å². The summed E-state index contributed by atoms with van der Waals surface area (Å²) in [5, 5.41) is 3.45. The zero-order chi connectivity index (χ0) is 23.2. The summed E-state index contributed by atoms with van der Waals surface area (Å²) in [5.41, 5.74) is 1.62. The molecule has 7 heteroatoms. The van der Waals surface area contributed by atoms with Gasteiger partial charge >= 0.3 is 6.09 Å². The number of likely N-dealkylation sites (tertiary alicyclic amines) is 1. The molecule has 3 unspecified atom stereocenters. The number of nitrogens with zero attached hydrogens (tertiary/aromatic N) is 1. The lowest BCUT2D eigenvalue weighted by Gasteiger charge is -2.47. The Balaban J connectivity index is 1.27. The van der Waals surface area contributed by atoms with E-state index in [4.69, 9.17) is 21.1 Å². The van der Waals surface area contributed by atoms with Crippen molar-refractivity contribution in [2.24, 2.45) is 5.92 Å². The second-order valence-corrected chi connectivity index (χ2v) is 9.44. The topological polar surface area (TPSA) is 50.8 Å². The number of carbonyl (C=O) groups excluding carboxylic acids is 1. The third-order valence-electron chi connectivity index (χ3n) is 6.78. The van der Waals surface area contributed by atoms with Crippen molar-refractivity contribution in [2.75, 3.05) is 25.0 Å². The molecule has 1 N–H and O–H groups in total. The van der Waals surface area contributed by atoms with E-state index in [1.165, 1.54) is 25.0 Å². The number of hydrogen-bond acceptors (Lipinski definition) is 4. The van der Waals surface area contributed by atoms with E-state index in [0.717, 1.165) is 44.3 Å². The lowest BCUT2D eigenvalue weighted by atomic mass is 9.76. The number of benzene rings is 2.